The molecule has 0 fully saturated rings. The Bertz CT molecular complexity index is 284. The SMILES string of the molecule is CCC1=C2C=C3C=C1C32. The largest absolute Gasteiger partial charge is 0.0613 e. The van der Waals surface area contributed by atoms with Crippen molar-refractivity contribution in [2.75, 3.05) is 0 Å². The normalized spacial score (nSPS) is 33.2. The van der Waals surface area contributed by atoms with E-state index >= 15 is 0 Å². The predicted molar refractivity (Wildman–Crippen MR) is 37.0 cm³/mol. The zero-order chi connectivity index (χ0) is 6.01. The first-order valence-corrected chi connectivity index (χ1v) is 3.58. The Labute approximate surface area is 54.6 Å². The molecule has 1 atom stereocenters. The molecule has 0 radical (unpaired) electrons. The van der Waals surface area contributed by atoms with Gasteiger partial charge >= 0.3 is 0 Å². The van der Waals surface area contributed by atoms with Crippen LogP contribution in [0, 0.1) is 5.92 Å². The van der Waals surface area contributed by atoms with Gasteiger partial charge in [-0.15, -0.1) is 0 Å². The maximum absolute atomic E-state index is 2.33. The van der Waals surface area contributed by atoms with Gasteiger partial charge in [-0.25, -0.2) is 0 Å². The van der Waals surface area contributed by atoms with Gasteiger partial charge in [-0.05, 0) is 28.7 Å². The lowest BCUT2D eigenvalue weighted by atomic mass is 9.53. The van der Waals surface area contributed by atoms with Crippen LogP contribution in [0.5, 0.6) is 0 Å². The molecule has 44 valence electrons. The van der Waals surface area contributed by atoms with Crippen molar-refractivity contribution in [2.45, 2.75) is 13.3 Å². The van der Waals surface area contributed by atoms with Gasteiger partial charge in [0.1, 0.15) is 0 Å². The Morgan fingerprint density at radius 3 is 2.56 bits per heavy atom. The molecule has 0 heteroatoms. The maximum Gasteiger partial charge on any atom is 0.0346 e. The molecule has 0 heterocycles. The second kappa shape index (κ2) is 0.942. The Balaban J connectivity index is 2.27. The van der Waals surface area contributed by atoms with E-state index in [2.05, 4.69) is 19.1 Å². The number of hydrogen-bond acceptors (Lipinski definition) is 0. The van der Waals surface area contributed by atoms with Crippen LogP contribution in [0.3, 0.4) is 0 Å². The van der Waals surface area contributed by atoms with Gasteiger partial charge in [0.05, 0.1) is 0 Å². The molecule has 0 aliphatic heterocycles. The van der Waals surface area contributed by atoms with E-state index in [1.807, 2.05) is 0 Å². The monoisotopic (exact) mass is 116 g/mol. The summed E-state index contributed by atoms with van der Waals surface area (Å²) >= 11 is 0. The summed E-state index contributed by atoms with van der Waals surface area (Å²) in [7, 11) is 0. The summed E-state index contributed by atoms with van der Waals surface area (Å²) in [5.74, 6) is 0.861. The molecule has 3 aliphatic carbocycles. The first-order valence-electron chi connectivity index (χ1n) is 3.58. The van der Waals surface area contributed by atoms with E-state index in [1.165, 1.54) is 6.42 Å². The van der Waals surface area contributed by atoms with E-state index in [4.69, 9.17) is 0 Å². The van der Waals surface area contributed by atoms with Crippen LogP contribution in [0.15, 0.2) is 34.4 Å². The molecule has 0 aromatic rings. The van der Waals surface area contributed by atoms with Gasteiger partial charge in [-0.3, -0.25) is 0 Å². The summed E-state index contributed by atoms with van der Waals surface area (Å²) in [4.78, 5) is 0. The fourth-order valence-corrected chi connectivity index (χ4v) is 2.09. The van der Waals surface area contributed by atoms with Crippen LogP contribution in [0.1, 0.15) is 13.3 Å². The van der Waals surface area contributed by atoms with E-state index in [0.29, 0.717) is 0 Å². The molecule has 9 heavy (non-hydrogen) atoms. The predicted octanol–water partition coefficient (Wildman–Crippen LogP) is 2.20. The molecule has 0 N–H and O–H groups in total. The Morgan fingerprint density at radius 1 is 1.44 bits per heavy atom. The lowest BCUT2D eigenvalue weighted by Gasteiger charge is -2.50. The third kappa shape index (κ3) is 0.230. The third-order valence-corrected chi connectivity index (χ3v) is 2.65. The van der Waals surface area contributed by atoms with E-state index in [1.54, 1.807) is 22.3 Å². The lowest BCUT2D eigenvalue weighted by Crippen LogP contribution is -2.36. The minimum Gasteiger partial charge on any atom is -0.0613 e. The van der Waals surface area contributed by atoms with Gasteiger partial charge < -0.3 is 0 Å². The molecule has 0 nitrogen and oxygen atoms in total. The number of hydrogen-bond donors (Lipinski definition) is 0. The van der Waals surface area contributed by atoms with Gasteiger partial charge in [0.25, 0.3) is 0 Å². The molecule has 3 rings (SSSR count). The van der Waals surface area contributed by atoms with Crippen molar-refractivity contribution in [3.63, 3.8) is 0 Å². The number of allylic oxidation sites excluding steroid dienone is 6. The molecule has 0 saturated carbocycles. The highest BCUT2D eigenvalue weighted by molar-refractivity contribution is 5.78. The Hall–Kier alpha value is -0.780. The summed E-state index contributed by atoms with van der Waals surface area (Å²) in [5, 5.41) is 0. The quantitative estimate of drug-likeness (QED) is 0.492. The second-order valence-corrected chi connectivity index (χ2v) is 2.96. The van der Waals surface area contributed by atoms with Crippen molar-refractivity contribution < 1.29 is 0 Å². The van der Waals surface area contributed by atoms with Crippen molar-refractivity contribution in [3.05, 3.63) is 34.4 Å². The van der Waals surface area contributed by atoms with Crippen LogP contribution in [0.25, 0.3) is 0 Å². The molecule has 0 amide bonds. The van der Waals surface area contributed by atoms with Crippen molar-refractivity contribution in [2.24, 2.45) is 5.92 Å². The first-order chi connectivity index (χ1) is 4.42. The van der Waals surface area contributed by atoms with Crippen LogP contribution in [-0.2, 0) is 0 Å². The topological polar surface area (TPSA) is 0 Å². The van der Waals surface area contributed by atoms with Crippen molar-refractivity contribution >= 4 is 0 Å². The lowest BCUT2D eigenvalue weighted by molar-refractivity contribution is 0.666. The number of rotatable bonds is 1. The zero-order valence-corrected chi connectivity index (χ0v) is 5.44. The minimum absolute atomic E-state index is 0.861. The highest BCUT2D eigenvalue weighted by atomic mass is 14.5. The summed E-state index contributed by atoms with van der Waals surface area (Å²) < 4.78 is 0. The standard InChI is InChI=1S/C9H8/c1-2-6-7-3-5-4-8(6)9(5)7/h3-4,9H,2H2,1H3. The molecule has 0 aromatic heterocycles. The molecular weight excluding hydrogens is 108 g/mol. The van der Waals surface area contributed by atoms with Gasteiger partial charge in [0, 0.05) is 5.92 Å². The smallest absolute Gasteiger partial charge is 0.0346 e. The summed E-state index contributed by atoms with van der Waals surface area (Å²) in [6.07, 6.45) is 5.90. The molecule has 0 saturated heterocycles. The fourth-order valence-electron chi connectivity index (χ4n) is 2.09. The third-order valence-electron chi connectivity index (χ3n) is 2.65. The average Bonchev–Trinajstić information content (AvgIpc) is 1.87. The molecule has 1 unspecified atom stereocenters. The van der Waals surface area contributed by atoms with Crippen LogP contribution in [0.4, 0.5) is 0 Å². The molecular formula is C9H8. The zero-order valence-electron chi connectivity index (χ0n) is 5.44. The van der Waals surface area contributed by atoms with E-state index in [0.717, 1.165) is 5.92 Å². The van der Waals surface area contributed by atoms with Crippen molar-refractivity contribution in [1.82, 2.24) is 0 Å². The second-order valence-electron chi connectivity index (χ2n) is 2.96. The van der Waals surface area contributed by atoms with Crippen LogP contribution < -0.4 is 0 Å². The Kier molecular flexibility index (Phi) is 0.429. The highest BCUT2D eigenvalue weighted by Crippen LogP contribution is 2.61. The van der Waals surface area contributed by atoms with E-state index in [-0.39, 0.29) is 0 Å². The molecule has 3 aliphatic rings. The van der Waals surface area contributed by atoms with Gasteiger partial charge in [-0.2, -0.15) is 0 Å². The molecule has 0 spiro atoms. The maximum atomic E-state index is 2.33. The summed E-state index contributed by atoms with van der Waals surface area (Å²) in [5.41, 5.74) is 6.50. The van der Waals surface area contributed by atoms with Gasteiger partial charge in [0.2, 0.25) is 0 Å². The fraction of sp³-hybridized carbons (Fsp3) is 0.333. The molecule has 0 aromatic carbocycles. The first kappa shape index (κ1) is 4.10. The summed E-state index contributed by atoms with van der Waals surface area (Å²) in [6.45, 7) is 2.24. The molecule has 0 bridgehead atoms. The minimum atomic E-state index is 0.861. The van der Waals surface area contributed by atoms with Gasteiger partial charge in [-0.1, -0.05) is 19.1 Å². The summed E-state index contributed by atoms with van der Waals surface area (Å²) in [6, 6.07) is 0. The van der Waals surface area contributed by atoms with E-state index < -0.39 is 0 Å². The highest BCUT2D eigenvalue weighted by Gasteiger charge is 2.46. The Morgan fingerprint density at radius 2 is 2.33 bits per heavy atom. The van der Waals surface area contributed by atoms with Crippen LogP contribution >= 0.6 is 0 Å². The van der Waals surface area contributed by atoms with Crippen LogP contribution in [-0.4, -0.2) is 0 Å². The van der Waals surface area contributed by atoms with Crippen molar-refractivity contribution in [3.8, 4) is 0 Å². The van der Waals surface area contributed by atoms with Crippen LogP contribution in [0.2, 0.25) is 0 Å². The van der Waals surface area contributed by atoms with Gasteiger partial charge in [0.15, 0.2) is 0 Å². The van der Waals surface area contributed by atoms with E-state index in [9.17, 15) is 0 Å². The average molecular weight is 116 g/mol. The van der Waals surface area contributed by atoms with Crippen molar-refractivity contribution in [1.29, 1.82) is 0 Å².